The topological polar surface area (TPSA) is 35.6 Å². The van der Waals surface area contributed by atoms with Crippen LogP contribution in [-0.2, 0) is 0 Å². The molecule has 0 saturated heterocycles. The lowest BCUT2D eigenvalue weighted by Gasteiger charge is -2.22. The Labute approximate surface area is 346 Å². The molecule has 12 aromatic rings. The van der Waals surface area contributed by atoms with Crippen molar-refractivity contribution in [3.05, 3.63) is 218 Å². The number of aromatic nitrogens is 4. The van der Waals surface area contributed by atoms with E-state index >= 15 is 0 Å². The minimum absolute atomic E-state index is 0.905. The molecule has 10 aromatic carbocycles. The third kappa shape index (κ3) is 5.32. The Morgan fingerprint density at radius 3 is 1.30 bits per heavy atom. The zero-order valence-electron chi connectivity index (χ0n) is 32.6. The summed E-state index contributed by atoms with van der Waals surface area (Å²) >= 11 is 0. The van der Waals surface area contributed by atoms with E-state index < -0.39 is 0 Å². The summed E-state index contributed by atoms with van der Waals surface area (Å²) in [5.41, 5.74) is 13.0. The van der Waals surface area contributed by atoms with Gasteiger partial charge in [-0.25, -0.2) is 9.97 Å². The van der Waals surface area contributed by atoms with E-state index in [1.807, 2.05) is 0 Å². The molecule has 0 aliphatic heterocycles. The van der Waals surface area contributed by atoms with Gasteiger partial charge in [0.25, 0.3) is 0 Å². The molecule has 0 amide bonds. The molecule has 2 heterocycles. The van der Waals surface area contributed by atoms with Crippen LogP contribution in [-0.4, -0.2) is 19.1 Å². The number of imidazole rings is 2. The maximum atomic E-state index is 5.29. The lowest BCUT2D eigenvalue weighted by atomic mass is 9.84. The zero-order valence-corrected chi connectivity index (χ0v) is 32.6. The van der Waals surface area contributed by atoms with E-state index in [2.05, 4.69) is 228 Å². The van der Waals surface area contributed by atoms with Gasteiger partial charge in [-0.1, -0.05) is 176 Å². The van der Waals surface area contributed by atoms with Crippen LogP contribution < -0.4 is 0 Å². The zero-order chi connectivity index (χ0) is 39.6. The molecule has 4 heteroatoms. The predicted octanol–water partition coefficient (Wildman–Crippen LogP) is 14.5. The van der Waals surface area contributed by atoms with Crippen LogP contribution in [0.25, 0.3) is 111 Å². The van der Waals surface area contributed by atoms with Crippen LogP contribution in [0.1, 0.15) is 0 Å². The molecule has 0 radical (unpaired) electrons. The molecule has 2 aromatic heterocycles. The molecule has 0 aliphatic carbocycles. The summed E-state index contributed by atoms with van der Waals surface area (Å²) < 4.78 is 4.71. The third-order valence-corrected chi connectivity index (χ3v) is 11.9. The molecule has 4 nitrogen and oxygen atoms in total. The molecule has 0 N–H and O–H groups in total. The summed E-state index contributed by atoms with van der Waals surface area (Å²) in [7, 11) is 0. The Kier molecular flexibility index (Phi) is 7.82. The highest BCUT2D eigenvalue weighted by atomic mass is 15.1. The fourth-order valence-electron chi connectivity index (χ4n) is 9.31. The summed E-state index contributed by atoms with van der Waals surface area (Å²) in [6.45, 7) is 0. The van der Waals surface area contributed by atoms with Gasteiger partial charge < -0.3 is 0 Å². The lowest BCUT2D eigenvalue weighted by molar-refractivity contribution is 1.11. The predicted molar refractivity (Wildman–Crippen MR) is 250 cm³/mol. The summed E-state index contributed by atoms with van der Waals surface area (Å²) in [5, 5.41) is 7.02. The largest absolute Gasteiger partial charge is 0.292 e. The Bertz CT molecular complexity index is 3410. The van der Waals surface area contributed by atoms with Gasteiger partial charge in [0.1, 0.15) is 11.6 Å². The van der Waals surface area contributed by atoms with Gasteiger partial charge >= 0.3 is 0 Å². The molecule has 60 heavy (non-hydrogen) atoms. The smallest absolute Gasteiger partial charge is 0.145 e. The average Bonchev–Trinajstić information content (AvgIpc) is 3.90. The average molecular weight is 765 g/mol. The number of nitrogens with zero attached hydrogens (tertiary/aromatic N) is 4. The third-order valence-electron chi connectivity index (χ3n) is 11.9. The number of fused-ring (bicyclic) bond motifs is 5. The number of rotatable bonds is 6. The van der Waals surface area contributed by atoms with E-state index in [-0.39, 0.29) is 0 Å². The van der Waals surface area contributed by atoms with Gasteiger partial charge in [0.05, 0.1) is 33.4 Å². The second-order valence-electron chi connectivity index (χ2n) is 15.3. The Balaban J connectivity index is 1.27. The van der Waals surface area contributed by atoms with Gasteiger partial charge in [-0.15, -0.1) is 0 Å². The van der Waals surface area contributed by atoms with E-state index in [1.54, 1.807) is 0 Å². The van der Waals surface area contributed by atoms with E-state index in [0.717, 1.165) is 67.0 Å². The van der Waals surface area contributed by atoms with Gasteiger partial charge in [0.15, 0.2) is 0 Å². The van der Waals surface area contributed by atoms with Crippen LogP contribution in [0, 0.1) is 0 Å². The first-order chi connectivity index (χ1) is 29.8. The monoisotopic (exact) mass is 764 g/mol. The fraction of sp³-hybridized carbons (Fsp3) is 0. The van der Waals surface area contributed by atoms with Crippen molar-refractivity contribution in [1.82, 2.24) is 19.1 Å². The Morgan fingerprint density at radius 2 is 0.750 bits per heavy atom. The van der Waals surface area contributed by atoms with Gasteiger partial charge in [-0.05, 0) is 86.3 Å². The summed E-state index contributed by atoms with van der Waals surface area (Å²) in [6, 6.07) is 78.2. The Hall–Kier alpha value is -8.08. The first-order valence-electron chi connectivity index (χ1n) is 20.4. The first kappa shape index (κ1) is 34.0. The van der Waals surface area contributed by atoms with Crippen LogP contribution >= 0.6 is 0 Å². The lowest BCUT2D eigenvalue weighted by Crippen LogP contribution is -2.02. The maximum absolute atomic E-state index is 5.29. The molecule has 0 unspecified atom stereocenters. The van der Waals surface area contributed by atoms with Crippen molar-refractivity contribution in [2.75, 3.05) is 0 Å². The van der Waals surface area contributed by atoms with Crippen molar-refractivity contribution in [3.8, 4) is 56.4 Å². The molecule has 0 bridgehead atoms. The SMILES string of the molecule is c1ccc(-c2c(-c3c4cccc(-n5c(-c6ccccc6)nc6ccccc65)c4cc4c(-n5c(-c6ccccc6)nc6ccccc65)cccc34)ccc3ccccc23)cc1. The molecule has 12 rings (SSSR count). The molecule has 0 saturated carbocycles. The highest BCUT2D eigenvalue weighted by molar-refractivity contribution is 6.20. The van der Waals surface area contributed by atoms with Crippen molar-refractivity contribution in [2.45, 2.75) is 0 Å². The van der Waals surface area contributed by atoms with Crippen molar-refractivity contribution < 1.29 is 0 Å². The second kappa shape index (κ2) is 13.8. The summed E-state index contributed by atoms with van der Waals surface area (Å²) in [4.78, 5) is 10.6. The highest BCUT2D eigenvalue weighted by Gasteiger charge is 2.24. The van der Waals surface area contributed by atoms with Crippen LogP contribution in [0.4, 0.5) is 0 Å². The molecule has 280 valence electrons. The quantitative estimate of drug-likeness (QED) is 0.158. The second-order valence-corrected chi connectivity index (χ2v) is 15.3. The highest BCUT2D eigenvalue weighted by Crippen LogP contribution is 2.47. The molecule has 0 fully saturated rings. The van der Waals surface area contributed by atoms with Crippen molar-refractivity contribution in [1.29, 1.82) is 0 Å². The van der Waals surface area contributed by atoms with Crippen LogP contribution in [0.3, 0.4) is 0 Å². The van der Waals surface area contributed by atoms with Crippen molar-refractivity contribution in [3.63, 3.8) is 0 Å². The molecule has 0 spiro atoms. The van der Waals surface area contributed by atoms with Gasteiger partial charge in [-0.2, -0.15) is 0 Å². The standard InChI is InChI=1S/C56H36N4/c1-4-19-38(20-5-1)53-41-25-11-10-18-37(41)34-35-44(53)54-42-26-16-32-49(59-51-30-14-12-28-47(51)57-55(59)39-21-6-2-7-22-39)45(42)36-46-43(54)27-17-33-50(46)60-52-31-15-13-29-48(52)58-56(60)40-23-8-3-9-24-40/h1-36H. The Morgan fingerprint density at radius 1 is 0.300 bits per heavy atom. The van der Waals surface area contributed by atoms with Crippen LogP contribution in [0.2, 0.25) is 0 Å². The molecular formula is C56H36N4. The van der Waals surface area contributed by atoms with E-state index in [4.69, 9.17) is 9.97 Å². The molecular weight excluding hydrogens is 729 g/mol. The van der Waals surface area contributed by atoms with Gasteiger partial charge in [0.2, 0.25) is 0 Å². The summed E-state index contributed by atoms with van der Waals surface area (Å²) in [6.07, 6.45) is 0. The number of hydrogen-bond donors (Lipinski definition) is 0. The first-order valence-corrected chi connectivity index (χ1v) is 20.4. The molecule has 0 aliphatic rings. The van der Waals surface area contributed by atoms with Crippen molar-refractivity contribution in [2.24, 2.45) is 0 Å². The van der Waals surface area contributed by atoms with E-state index in [9.17, 15) is 0 Å². The van der Waals surface area contributed by atoms with Crippen LogP contribution in [0.5, 0.6) is 0 Å². The number of para-hydroxylation sites is 4. The fourth-order valence-corrected chi connectivity index (χ4v) is 9.31. The van der Waals surface area contributed by atoms with Gasteiger partial charge in [0, 0.05) is 21.9 Å². The summed E-state index contributed by atoms with van der Waals surface area (Å²) in [5.74, 6) is 1.81. The maximum Gasteiger partial charge on any atom is 0.145 e. The van der Waals surface area contributed by atoms with Gasteiger partial charge in [-0.3, -0.25) is 9.13 Å². The van der Waals surface area contributed by atoms with E-state index in [0.29, 0.717) is 0 Å². The van der Waals surface area contributed by atoms with E-state index in [1.165, 1.54) is 43.8 Å². The molecule has 0 atom stereocenters. The number of hydrogen-bond acceptors (Lipinski definition) is 2. The minimum atomic E-state index is 0.905. The normalized spacial score (nSPS) is 11.7. The van der Waals surface area contributed by atoms with Crippen LogP contribution in [0.15, 0.2) is 218 Å². The minimum Gasteiger partial charge on any atom is -0.292 e. The number of benzene rings is 10. The van der Waals surface area contributed by atoms with Crippen molar-refractivity contribution >= 4 is 54.4 Å².